The third-order valence-electron chi connectivity index (χ3n) is 17.6. The molecular formula is C89H152O17P2. The second-order valence-corrected chi connectivity index (χ2v) is 30.9. The van der Waals surface area contributed by atoms with Gasteiger partial charge in [0.2, 0.25) is 0 Å². The first-order valence-electron chi connectivity index (χ1n) is 42.4. The summed E-state index contributed by atoms with van der Waals surface area (Å²) in [6.45, 7) is 4.66. The van der Waals surface area contributed by atoms with E-state index in [-0.39, 0.29) is 25.7 Å². The van der Waals surface area contributed by atoms with E-state index in [9.17, 15) is 43.2 Å². The highest BCUT2D eigenvalue weighted by Crippen LogP contribution is 2.45. The van der Waals surface area contributed by atoms with Crippen LogP contribution in [-0.2, 0) is 65.4 Å². The molecule has 0 bridgehead atoms. The Morgan fingerprint density at radius 1 is 0.269 bits per heavy atom. The van der Waals surface area contributed by atoms with Crippen LogP contribution in [0.3, 0.4) is 0 Å². The lowest BCUT2D eigenvalue weighted by Gasteiger charge is -2.21. The molecule has 5 atom stereocenters. The van der Waals surface area contributed by atoms with Gasteiger partial charge in [0.1, 0.15) is 19.3 Å². The van der Waals surface area contributed by atoms with Gasteiger partial charge in [-0.1, -0.05) is 290 Å². The van der Waals surface area contributed by atoms with Gasteiger partial charge in [0.25, 0.3) is 0 Å². The third kappa shape index (κ3) is 79.3. The van der Waals surface area contributed by atoms with E-state index in [0.29, 0.717) is 25.7 Å². The lowest BCUT2D eigenvalue weighted by atomic mass is 10.1. The molecule has 0 aliphatic heterocycles. The van der Waals surface area contributed by atoms with Gasteiger partial charge in [0.15, 0.2) is 12.2 Å². The van der Waals surface area contributed by atoms with Crippen molar-refractivity contribution in [1.29, 1.82) is 0 Å². The van der Waals surface area contributed by atoms with Crippen molar-refractivity contribution >= 4 is 39.5 Å². The molecule has 0 aliphatic carbocycles. The Hall–Kier alpha value is -4.80. The molecule has 0 aromatic rings. The van der Waals surface area contributed by atoms with Gasteiger partial charge >= 0.3 is 39.5 Å². The molecule has 17 nitrogen and oxygen atoms in total. The van der Waals surface area contributed by atoms with Crippen LogP contribution >= 0.6 is 15.6 Å². The molecule has 0 heterocycles. The zero-order chi connectivity index (χ0) is 78.9. The molecule has 0 radical (unpaired) electrons. The molecule has 0 aromatic carbocycles. The summed E-state index contributed by atoms with van der Waals surface area (Å²) in [5.74, 6) is -2.24. The van der Waals surface area contributed by atoms with Crippen LogP contribution in [0.5, 0.6) is 0 Å². The van der Waals surface area contributed by atoms with Crippen LogP contribution in [0.1, 0.15) is 349 Å². The van der Waals surface area contributed by atoms with E-state index in [1.54, 1.807) is 0 Å². The SMILES string of the molecule is CC/C=C\C/C=C\C/C=C\C/C=C\C/C=C\CCCCCC(=O)OCC(COP(=O)(O)OCC(O)COP(=O)(O)OCC(COC(=O)CCCCCCC/C=C\C/C=C\CCCCC)OC(=O)CCCCCCC/C=C\CCCCCCCC)OC(=O)CCCCCCCC/C=C\C/C=C\C/C=C\CCCCC. The first-order chi connectivity index (χ1) is 52.7. The monoisotopic (exact) mass is 1560 g/mol. The second kappa shape index (κ2) is 80.3. The number of phosphoric ester groups is 2. The summed E-state index contributed by atoms with van der Waals surface area (Å²) in [4.78, 5) is 73.2. The molecular weight excluding hydrogens is 1400 g/mol. The van der Waals surface area contributed by atoms with Gasteiger partial charge in [-0.2, -0.15) is 0 Å². The highest BCUT2D eigenvalue weighted by molar-refractivity contribution is 7.47. The molecule has 108 heavy (non-hydrogen) atoms. The maximum absolute atomic E-state index is 13.1. The molecule has 0 aromatic heterocycles. The average Bonchev–Trinajstić information content (AvgIpc) is 0.896. The van der Waals surface area contributed by atoms with Crippen LogP contribution in [0.2, 0.25) is 0 Å². The number of aliphatic hydroxyl groups is 1. The molecule has 0 saturated heterocycles. The van der Waals surface area contributed by atoms with Crippen molar-refractivity contribution in [1.82, 2.24) is 0 Å². The van der Waals surface area contributed by atoms with Crippen LogP contribution in [0.25, 0.3) is 0 Å². The lowest BCUT2D eigenvalue weighted by molar-refractivity contribution is -0.161. The van der Waals surface area contributed by atoms with E-state index >= 15 is 0 Å². The van der Waals surface area contributed by atoms with Gasteiger partial charge in [-0.3, -0.25) is 37.3 Å². The van der Waals surface area contributed by atoms with Crippen molar-refractivity contribution in [2.45, 2.75) is 367 Å². The molecule has 0 rings (SSSR count). The molecule has 19 heteroatoms. The predicted molar refractivity (Wildman–Crippen MR) is 445 cm³/mol. The Bertz CT molecular complexity index is 2560. The molecule has 3 N–H and O–H groups in total. The quantitative estimate of drug-likeness (QED) is 0.0169. The molecule has 620 valence electrons. The molecule has 0 aliphatic rings. The number of aliphatic hydroxyl groups excluding tert-OH is 1. The molecule has 0 spiro atoms. The summed E-state index contributed by atoms with van der Waals surface area (Å²) < 4.78 is 68.7. The lowest BCUT2D eigenvalue weighted by Crippen LogP contribution is -2.30. The Labute approximate surface area is 656 Å². The van der Waals surface area contributed by atoms with Crippen LogP contribution in [-0.4, -0.2) is 96.7 Å². The fourth-order valence-electron chi connectivity index (χ4n) is 11.1. The van der Waals surface area contributed by atoms with Gasteiger partial charge in [-0.05, 0) is 167 Å². The standard InChI is InChI=1S/C89H152O17P2/c1-5-9-13-17-21-25-29-33-37-39-41-43-47-50-54-58-62-66-70-74-87(92)100-80-85(106-89(94)76-72-68-64-60-56-52-48-44-42-40-38-34-30-26-22-18-14-10-6-2)82-104-108(97,98)102-78-83(90)77-101-107(95,96)103-81-84(105-88(93)75-71-67-63-59-55-51-46-36-32-28-24-20-16-12-8-4)79-99-86(91)73-69-65-61-57-53-49-45-35-31-27-23-19-15-11-7-3/h9,13,21-23,25-27,33-38,41-46,50,54,83-85,90H,5-8,10-12,14-20,24,28-32,39-40,47-49,51-53,55-82H2,1-4H3,(H,95,96)(H,97,98)/b13-9-,25-21-,26-22-,27-23-,37-33-,38-34-,43-41-,44-42-,45-35-,46-36-,54-50-. The van der Waals surface area contributed by atoms with Gasteiger partial charge < -0.3 is 33.8 Å². The summed E-state index contributed by atoms with van der Waals surface area (Å²) in [5, 5.41) is 10.7. The van der Waals surface area contributed by atoms with Gasteiger partial charge in [-0.15, -0.1) is 0 Å². The van der Waals surface area contributed by atoms with Crippen molar-refractivity contribution in [2.75, 3.05) is 39.6 Å². The van der Waals surface area contributed by atoms with E-state index in [1.807, 2.05) is 0 Å². The number of carbonyl (C=O) groups is 4. The summed E-state index contributed by atoms with van der Waals surface area (Å²) in [6.07, 6.45) is 91.2. The Kier molecular flexibility index (Phi) is 76.7. The largest absolute Gasteiger partial charge is 0.472 e. The normalized spacial score (nSPS) is 14.5. The summed E-state index contributed by atoms with van der Waals surface area (Å²) in [6, 6.07) is 0. The first-order valence-corrected chi connectivity index (χ1v) is 45.4. The van der Waals surface area contributed by atoms with E-state index in [1.165, 1.54) is 77.0 Å². The number of carbonyl (C=O) groups excluding carboxylic acids is 4. The maximum Gasteiger partial charge on any atom is 0.472 e. The summed E-state index contributed by atoms with van der Waals surface area (Å²) in [5.41, 5.74) is 0. The van der Waals surface area contributed by atoms with E-state index < -0.39 is 97.5 Å². The molecule has 0 fully saturated rings. The number of rotatable bonds is 79. The summed E-state index contributed by atoms with van der Waals surface area (Å²) in [7, 11) is -9.99. The summed E-state index contributed by atoms with van der Waals surface area (Å²) >= 11 is 0. The number of hydrogen-bond donors (Lipinski definition) is 3. The zero-order valence-electron chi connectivity index (χ0n) is 68.0. The van der Waals surface area contributed by atoms with Crippen molar-refractivity contribution in [2.24, 2.45) is 0 Å². The van der Waals surface area contributed by atoms with E-state index in [4.69, 9.17) is 37.0 Å². The van der Waals surface area contributed by atoms with Crippen LogP contribution in [0.15, 0.2) is 134 Å². The first kappa shape index (κ1) is 103. The highest BCUT2D eigenvalue weighted by Gasteiger charge is 2.30. The fourth-order valence-corrected chi connectivity index (χ4v) is 12.7. The molecule has 0 saturated carbocycles. The smallest absolute Gasteiger partial charge is 0.462 e. The Balaban J connectivity index is 5.44. The van der Waals surface area contributed by atoms with Crippen LogP contribution < -0.4 is 0 Å². The van der Waals surface area contributed by atoms with Crippen LogP contribution in [0, 0.1) is 0 Å². The minimum atomic E-state index is -5.00. The van der Waals surface area contributed by atoms with Crippen LogP contribution in [0.4, 0.5) is 0 Å². The van der Waals surface area contributed by atoms with Gasteiger partial charge in [0, 0.05) is 25.7 Å². The van der Waals surface area contributed by atoms with Gasteiger partial charge in [-0.25, -0.2) is 9.13 Å². The topological polar surface area (TPSA) is 237 Å². The average molecular weight is 1560 g/mol. The van der Waals surface area contributed by atoms with Crippen molar-refractivity contribution in [3.05, 3.63) is 134 Å². The second-order valence-electron chi connectivity index (χ2n) is 28.0. The minimum Gasteiger partial charge on any atom is -0.462 e. The predicted octanol–water partition coefficient (Wildman–Crippen LogP) is 25.2. The van der Waals surface area contributed by atoms with Gasteiger partial charge in [0.05, 0.1) is 26.4 Å². The van der Waals surface area contributed by atoms with E-state index in [0.717, 1.165) is 193 Å². The van der Waals surface area contributed by atoms with Crippen molar-refractivity contribution < 1.29 is 80.2 Å². The molecule has 0 amide bonds. The maximum atomic E-state index is 13.1. The number of hydrogen-bond acceptors (Lipinski definition) is 15. The molecule has 5 unspecified atom stereocenters. The van der Waals surface area contributed by atoms with Crippen molar-refractivity contribution in [3.8, 4) is 0 Å². The highest BCUT2D eigenvalue weighted by atomic mass is 31.2. The van der Waals surface area contributed by atoms with Crippen molar-refractivity contribution in [3.63, 3.8) is 0 Å². The number of unbranched alkanes of at least 4 members (excludes halogenated alkanes) is 31. The Morgan fingerprint density at radius 2 is 0.481 bits per heavy atom. The number of phosphoric acid groups is 2. The number of allylic oxidation sites excluding steroid dienone is 22. The van der Waals surface area contributed by atoms with E-state index in [2.05, 4.69) is 161 Å². The number of esters is 4. The third-order valence-corrected chi connectivity index (χ3v) is 19.5. The Morgan fingerprint density at radius 3 is 0.778 bits per heavy atom. The zero-order valence-corrected chi connectivity index (χ0v) is 69.8. The minimum absolute atomic E-state index is 0.0692. The fraction of sp³-hybridized carbons (Fsp3) is 0.708. The number of ether oxygens (including phenoxy) is 4.